The molecule has 2 rings (SSSR count). The second-order valence-electron chi connectivity index (χ2n) is 5.88. The van der Waals surface area contributed by atoms with E-state index < -0.39 is 0 Å². The number of benzene rings is 1. The predicted molar refractivity (Wildman–Crippen MR) is 89.2 cm³/mol. The van der Waals surface area contributed by atoms with Crippen molar-refractivity contribution in [1.82, 2.24) is 10.2 Å². The summed E-state index contributed by atoms with van der Waals surface area (Å²) in [4.78, 5) is 14.3. The van der Waals surface area contributed by atoms with E-state index in [9.17, 15) is 4.79 Å². The Morgan fingerprint density at radius 3 is 3.14 bits per heavy atom. The van der Waals surface area contributed by atoms with Crippen LogP contribution in [0.4, 0.5) is 0 Å². The van der Waals surface area contributed by atoms with E-state index in [1.807, 2.05) is 24.3 Å². The third-order valence-electron chi connectivity index (χ3n) is 4.10. The highest BCUT2D eigenvalue weighted by Crippen LogP contribution is 2.15. The van der Waals surface area contributed by atoms with Crippen LogP contribution in [0.3, 0.4) is 0 Å². The number of hydrogen-bond donors (Lipinski definition) is 1. The van der Waals surface area contributed by atoms with Crippen LogP contribution in [0.15, 0.2) is 24.3 Å². The fourth-order valence-corrected chi connectivity index (χ4v) is 3.01. The number of rotatable bonds is 8. The van der Waals surface area contributed by atoms with Crippen molar-refractivity contribution in [3.05, 3.63) is 34.9 Å². The van der Waals surface area contributed by atoms with Crippen molar-refractivity contribution < 1.29 is 9.53 Å². The zero-order chi connectivity index (χ0) is 15.8. The van der Waals surface area contributed by atoms with Crippen LogP contribution in [0.25, 0.3) is 0 Å². The van der Waals surface area contributed by atoms with Gasteiger partial charge in [0.15, 0.2) is 0 Å². The van der Waals surface area contributed by atoms with E-state index in [0.717, 1.165) is 56.2 Å². The van der Waals surface area contributed by atoms with Gasteiger partial charge in [0.1, 0.15) is 0 Å². The van der Waals surface area contributed by atoms with Crippen LogP contribution in [0, 0.1) is 5.92 Å². The fourth-order valence-electron chi connectivity index (χ4n) is 2.80. The first kappa shape index (κ1) is 17.3. The van der Waals surface area contributed by atoms with Gasteiger partial charge in [0.05, 0.1) is 6.61 Å². The molecule has 1 fully saturated rings. The quantitative estimate of drug-likeness (QED) is 0.798. The van der Waals surface area contributed by atoms with Crippen molar-refractivity contribution in [2.24, 2.45) is 5.92 Å². The highest BCUT2D eigenvalue weighted by atomic mass is 35.5. The Kier molecular flexibility index (Phi) is 7.16. The first-order chi connectivity index (χ1) is 10.7. The molecule has 4 nitrogen and oxygen atoms in total. The summed E-state index contributed by atoms with van der Waals surface area (Å²) in [6, 6.07) is 7.69. The second-order valence-corrected chi connectivity index (χ2v) is 6.32. The lowest BCUT2D eigenvalue weighted by molar-refractivity contribution is -0.121. The first-order valence-corrected chi connectivity index (χ1v) is 8.27. The van der Waals surface area contributed by atoms with Crippen LogP contribution in [0.1, 0.15) is 18.4 Å². The molecular weight excluding hydrogens is 300 g/mol. The summed E-state index contributed by atoms with van der Waals surface area (Å²) in [6.07, 6.45) is 2.40. The first-order valence-electron chi connectivity index (χ1n) is 7.90. The lowest BCUT2D eigenvalue weighted by Crippen LogP contribution is -2.31. The summed E-state index contributed by atoms with van der Waals surface area (Å²) in [5.74, 6) is 0.683. The number of hydrogen-bond acceptors (Lipinski definition) is 3. The summed E-state index contributed by atoms with van der Waals surface area (Å²) in [7, 11) is 1.73. The molecule has 5 heteroatoms. The summed E-state index contributed by atoms with van der Waals surface area (Å²) in [6.45, 7) is 4.69. The van der Waals surface area contributed by atoms with Crippen LogP contribution in [0.2, 0.25) is 5.02 Å². The summed E-state index contributed by atoms with van der Waals surface area (Å²) in [5, 5.41) is 3.78. The molecule has 0 spiro atoms. The Hall–Kier alpha value is -1.10. The van der Waals surface area contributed by atoms with E-state index in [1.165, 1.54) is 0 Å². The molecule has 1 aromatic carbocycles. The number of carbonyl (C=O) groups excluding carboxylic acids is 1. The largest absolute Gasteiger partial charge is 0.383 e. The highest BCUT2D eigenvalue weighted by molar-refractivity contribution is 6.30. The molecule has 0 bridgehead atoms. The third-order valence-corrected chi connectivity index (χ3v) is 4.33. The van der Waals surface area contributed by atoms with Crippen LogP contribution in [-0.4, -0.2) is 50.7 Å². The average molecular weight is 325 g/mol. The van der Waals surface area contributed by atoms with Gasteiger partial charge in [0.2, 0.25) is 5.91 Å². The van der Waals surface area contributed by atoms with Crippen molar-refractivity contribution >= 4 is 17.5 Å². The van der Waals surface area contributed by atoms with Gasteiger partial charge < -0.3 is 15.0 Å². The third kappa shape index (κ3) is 5.95. The predicted octanol–water partition coefficient (Wildman–Crippen LogP) is 2.36. The number of likely N-dealkylation sites (tertiary alicyclic amines) is 1. The highest BCUT2D eigenvalue weighted by Gasteiger charge is 2.22. The molecule has 0 aliphatic carbocycles. The normalized spacial score (nSPS) is 18.5. The van der Waals surface area contributed by atoms with Crippen LogP contribution >= 0.6 is 11.6 Å². The summed E-state index contributed by atoms with van der Waals surface area (Å²) in [5.41, 5.74) is 1.11. The zero-order valence-electron chi connectivity index (χ0n) is 13.2. The number of carbonyl (C=O) groups is 1. The number of nitrogens with zero attached hydrogens (tertiary/aromatic N) is 1. The second kappa shape index (κ2) is 9.13. The molecule has 1 amide bonds. The number of aryl methyl sites for hydroxylation is 1. The van der Waals surface area contributed by atoms with E-state index in [0.29, 0.717) is 12.3 Å². The van der Waals surface area contributed by atoms with E-state index in [2.05, 4.69) is 10.2 Å². The number of ether oxygens (including phenoxy) is 1. The lowest BCUT2D eigenvalue weighted by atomic mass is 10.1. The topological polar surface area (TPSA) is 41.6 Å². The molecule has 1 aliphatic heterocycles. The number of nitrogens with one attached hydrogen (secondary N) is 1. The molecule has 1 atom stereocenters. The minimum Gasteiger partial charge on any atom is -0.383 e. The molecule has 1 heterocycles. The molecule has 1 aromatic rings. The van der Waals surface area contributed by atoms with Gasteiger partial charge >= 0.3 is 0 Å². The molecule has 1 N–H and O–H groups in total. The van der Waals surface area contributed by atoms with Gasteiger partial charge in [0.25, 0.3) is 0 Å². The molecule has 22 heavy (non-hydrogen) atoms. The van der Waals surface area contributed by atoms with Crippen molar-refractivity contribution in [3.63, 3.8) is 0 Å². The van der Waals surface area contributed by atoms with Gasteiger partial charge in [-0.3, -0.25) is 4.79 Å². The van der Waals surface area contributed by atoms with Gasteiger partial charge in [-0.2, -0.15) is 0 Å². The van der Waals surface area contributed by atoms with Crippen molar-refractivity contribution in [2.75, 3.05) is 39.9 Å². The number of methoxy groups -OCH3 is 1. The van der Waals surface area contributed by atoms with Gasteiger partial charge in [-0.15, -0.1) is 0 Å². The SMILES string of the molecule is COCCN1CC[C@@H](CNC(=O)CCc2cccc(Cl)c2)C1. The fraction of sp³-hybridized carbons (Fsp3) is 0.588. The molecule has 0 radical (unpaired) electrons. The molecule has 122 valence electrons. The Bertz CT molecular complexity index is 481. The minimum absolute atomic E-state index is 0.121. The standard InChI is InChI=1S/C17H25ClN2O2/c1-22-10-9-20-8-7-15(13-20)12-19-17(21)6-5-14-3-2-4-16(18)11-14/h2-4,11,15H,5-10,12-13H2,1H3,(H,19,21)/t15-/m0/s1. The Morgan fingerprint density at radius 2 is 2.36 bits per heavy atom. The number of amides is 1. The van der Waals surface area contributed by atoms with Crippen LogP contribution in [-0.2, 0) is 16.0 Å². The molecular formula is C17H25ClN2O2. The Balaban J connectivity index is 1.62. The van der Waals surface area contributed by atoms with Crippen molar-refractivity contribution in [2.45, 2.75) is 19.3 Å². The van der Waals surface area contributed by atoms with Gasteiger partial charge in [-0.25, -0.2) is 0 Å². The van der Waals surface area contributed by atoms with Crippen LogP contribution in [0.5, 0.6) is 0 Å². The minimum atomic E-state index is 0.121. The monoisotopic (exact) mass is 324 g/mol. The van der Waals surface area contributed by atoms with Gasteiger partial charge in [-0.1, -0.05) is 23.7 Å². The Morgan fingerprint density at radius 1 is 1.50 bits per heavy atom. The maximum atomic E-state index is 11.9. The summed E-state index contributed by atoms with van der Waals surface area (Å²) >= 11 is 5.94. The maximum Gasteiger partial charge on any atom is 0.220 e. The van der Waals surface area contributed by atoms with E-state index in [4.69, 9.17) is 16.3 Å². The van der Waals surface area contributed by atoms with Crippen molar-refractivity contribution in [1.29, 1.82) is 0 Å². The van der Waals surface area contributed by atoms with E-state index in [-0.39, 0.29) is 5.91 Å². The molecule has 1 saturated heterocycles. The molecule has 0 saturated carbocycles. The zero-order valence-corrected chi connectivity index (χ0v) is 13.9. The maximum absolute atomic E-state index is 11.9. The molecule has 0 unspecified atom stereocenters. The molecule has 1 aliphatic rings. The van der Waals surface area contributed by atoms with Crippen molar-refractivity contribution in [3.8, 4) is 0 Å². The average Bonchev–Trinajstić information content (AvgIpc) is 2.97. The summed E-state index contributed by atoms with van der Waals surface area (Å²) < 4.78 is 5.10. The van der Waals surface area contributed by atoms with E-state index >= 15 is 0 Å². The van der Waals surface area contributed by atoms with Crippen LogP contribution < -0.4 is 5.32 Å². The smallest absolute Gasteiger partial charge is 0.220 e. The lowest BCUT2D eigenvalue weighted by Gasteiger charge is -2.15. The molecule has 0 aromatic heterocycles. The van der Waals surface area contributed by atoms with E-state index in [1.54, 1.807) is 7.11 Å². The van der Waals surface area contributed by atoms with Gasteiger partial charge in [-0.05, 0) is 43.0 Å². The number of halogens is 1. The van der Waals surface area contributed by atoms with Gasteiger partial charge in [0, 0.05) is 38.2 Å². The Labute approximate surface area is 137 Å².